The molecule has 0 aliphatic heterocycles. The molecule has 1 aromatic carbocycles. The van der Waals surface area contributed by atoms with Crippen molar-refractivity contribution < 1.29 is 4.79 Å². The fourth-order valence-electron chi connectivity index (χ4n) is 1.61. The van der Waals surface area contributed by atoms with E-state index in [-0.39, 0.29) is 6.03 Å². The predicted molar refractivity (Wildman–Crippen MR) is 62.6 cm³/mol. The van der Waals surface area contributed by atoms with Crippen molar-refractivity contribution in [1.29, 1.82) is 0 Å². The molecule has 0 aliphatic carbocycles. The van der Waals surface area contributed by atoms with E-state index in [9.17, 15) is 4.79 Å². The number of imidazole rings is 1. The number of amides is 1. The number of hydrogen-bond acceptors (Lipinski definition) is 2. The Kier molecular flexibility index (Phi) is 2.72. The second-order valence-electron chi connectivity index (χ2n) is 3.78. The number of anilines is 1. The molecule has 0 aliphatic rings. The summed E-state index contributed by atoms with van der Waals surface area (Å²) in [5.74, 6) is 0. The van der Waals surface area contributed by atoms with Gasteiger partial charge in [0.2, 0.25) is 0 Å². The van der Waals surface area contributed by atoms with E-state index >= 15 is 0 Å². The minimum Gasteiger partial charge on any atom is -0.307 e. The lowest BCUT2D eigenvalue weighted by atomic mass is 10.1. The van der Waals surface area contributed by atoms with Crippen LogP contribution in [-0.4, -0.2) is 15.6 Å². The lowest BCUT2D eigenvalue weighted by Gasteiger charge is -2.07. The van der Waals surface area contributed by atoms with Gasteiger partial charge in [-0.1, -0.05) is 6.07 Å². The Morgan fingerprint density at radius 3 is 2.50 bits per heavy atom. The number of aryl methyl sites for hydroxylation is 2. The number of hydrogen-bond donors (Lipinski definition) is 1. The van der Waals surface area contributed by atoms with Crippen LogP contribution in [-0.2, 0) is 0 Å². The molecule has 1 aromatic heterocycles. The van der Waals surface area contributed by atoms with Crippen LogP contribution in [0.3, 0.4) is 0 Å². The summed E-state index contributed by atoms with van der Waals surface area (Å²) in [6, 6.07) is 5.72. The second kappa shape index (κ2) is 4.18. The van der Waals surface area contributed by atoms with Gasteiger partial charge in [-0.2, -0.15) is 0 Å². The monoisotopic (exact) mass is 215 g/mol. The van der Waals surface area contributed by atoms with Gasteiger partial charge >= 0.3 is 6.03 Å². The highest BCUT2D eigenvalue weighted by Gasteiger charge is 2.04. The molecule has 2 aromatic rings. The minimum atomic E-state index is -0.206. The summed E-state index contributed by atoms with van der Waals surface area (Å²) < 4.78 is 1.40. The van der Waals surface area contributed by atoms with Gasteiger partial charge in [-0.25, -0.2) is 9.78 Å². The maximum Gasteiger partial charge on any atom is 0.331 e. The molecule has 0 saturated heterocycles. The third kappa shape index (κ3) is 2.28. The second-order valence-corrected chi connectivity index (χ2v) is 3.78. The Morgan fingerprint density at radius 2 is 1.94 bits per heavy atom. The van der Waals surface area contributed by atoms with E-state index in [4.69, 9.17) is 0 Å². The first kappa shape index (κ1) is 10.4. The smallest absolute Gasteiger partial charge is 0.307 e. The summed E-state index contributed by atoms with van der Waals surface area (Å²) in [6.07, 6.45) is 4.65. The zero-order chi connectivity index (χ0) is 11.5. The van der Waals surface area contributed by atoms with Crippen LogP contribution in [0.15, 0.2) is 36.9 Å². The number of aromatic nitrogens is 2. The quantitative estimate of drug-likeness (QED) is 0.794. The SMILES string of the molecule is Cc1cc(C)cc(NC(=O)n2ccnc2)c1. The summed E-state index contributed by atoms with van der Waals surface area (Å²) in [4.78, 5) is 15.5. The van der Waals surface area contributed by atoms with Gasteiger partial charge in [-0.05, 0) is 37.1 Å². The Balaban J connectivity index is 2.18. The summed E-state index contributed by atoms with van der Waals surface area (Å²) in [6.45, 7) is 4.00. The van der Waals surface area contributed by atoms with Crippen molar-refractivity contribution >= 4 is 11.7 Å². The molecule has 4 nitrogen and oxygen atoms in total. The first-order chi connectivity index (χ1) is 7.65. The number of carbonyl (C=O) groups excluding carboxylic acids is 1. The first-order valence-electron chi connectivity index (χ1n) is 5.03. The van der Waals surface area contributed by atoms with E-state index < -0.39 is 0 Å². The predicted octanol–water partition coefficient (Wildman–Crippen LogP) is 2.58. The average molecular weight is 215 g/mol. The molecule has 0 spiro atoms. The van der Waals surface area contributed by atoms with Crippen LogP contribution in [0, 0.1) is 13.8 Å². The van der Waals surface area contributed by atoms with Gasteiger partial charge in [0.1, 0.15) is 6.33 Å². The largest absolute Gasteiger partial charge is 0.331 e. The van der Waals surface area contributed by atoms with E-state index in [0.717, 1.165) is 16.8 Å². The molecule has 82 valence electrons. The van der Waals surface area contributed by atoms with Crippen molar-refractivity contribution in [2.45, 2.75) is 13.8 Å². The number of rotatable bonds is 1. The summed E-state index contributed by atoms with van der Waals surface area (Å²) in [5.41, 5.74) is 3.05. The highest BCUT2D eigenvalue weighted by atomic mass is 16.2. The molecule has 0 atom stereocenters. The van der Waals surface area contributed by atoms with Crippen LogP contribution < -0.4 is 5.32 Å². The van der Waals surface area contributed by atoms with Gasteiger partial charge in [-0.3, -0.25) is 4.57 Å². The van der Waals surface area contributed by atoms with Gasteiger partial charge in [0.05, 0.1) is 0 Å². The number of carbonyl (C=O) groups is 1. The molecular weight excluding hydrogens is 202 g/mol. The lowest BCUT2D eigenvalue weighted by Crippen LogP contribution is -2.17. The minimum absolute atomic E-state index is 0.206. The number of nitrogens with zero attached hydrogens (tertiary/aromatic N) is 2. The molecule has 0 saturated carbocycles. The fourth-order valence-corrected chi connectivity index (χ4v) is 1.61. The lowest BCUT2D eigenvalue weighted by molar-refractivity contribution is 0.253. The molecule has 0 unspecified atom stereocenters. The van der Waals surface area contributed by atoms with Crippen molar-refractivity contribution in [3.63, 3.8) is 0 Å². The Hall–Kier alpha value is -2.10. The Bertz CT molecular complexity index is 483. The average Bonchev–Trinajstić information content (AvgIpc) is 2.68. The standard InChI is InChI=1S/C12H13N3O/c1-9-5-10(2)7-11(6-9)14-12(16)15-4-3-13-8-15/h3-8H,1-2H3,(H,14,16). The van der Waals surface area contributed by atoms with Crippen molar-refractivity contribution in [2.24, 2.45) is 0 Å². The zero-order valence-electron chi connectivity index (χ0n) is 9.27. The van der Waals surface area contributed by atoms with E-state index in [1.54, 1.807) is 12.4 Å². The highest BCUT2D eigenvalue weighted by molar-refractivity contribution is 5.91. The summed E-state index contributed by atoms with van der Waals surface area (Å²) in [7, 11) is 0. The molecule has 0 bridgehead atoms. The van der Waals surface area contributed by atoms with E-state index in [1.165, 1.54) is 10.9 Å². The molecule has 1 heterocycles. The van der Waals surface area contributed by atoms with Crippen LogP contribution in [0.4, 0.5) is 10.5 Å². The zero-order valence-corrected chi connectivity index (χ0v) is 9.27. The molecule has 2 rings (SSSR count). The van der Waals surface area contributed by atoms with Crippen LogP contribution >= 0.6 is 0 Å². The first-order valence-corrected chi connectivity index (χ1v) is 5.03. The van der Waals surface area contributed by atoms with Crippen molar-refractivity contribution in [3.8, 4) is 0 Å². The van der Waals surface area contributed by atoms with E-state index in [0.29, 0.717) is 0 Å². The molecular formula is C12H13N3O. The molecule has 0 radical (unpaired) electrons. The normalized spacial score (nSPS) is 10.1. The van der Waals surface area contributed by atoms with Gasteiger partial charge < -0.3 is 5.32 Å². The molecule has 1 amide bonds. The molecule has 16 heavy (non-hydrogen) atoms. The van der Waals surface area contributed by atoms with Crippen molar-refractivity contribution in [3.05, 3.63) is 48.0 Å². The number of benzene rings is 1. The van der Waals surface area contributed by atoms with Gasteiger partial charge in [0.15, 0.2) is 0 Å². The van der Waals surface area contributed by atoms with E-state index in [1.807, 2.05) is 26.0 Å². The molecule has 1 N–H and O–H groups in total. The fraction of sp³-hybridized carbons (Fsp3) is 0.167. The topological polar surface area (TPSA) is 46.9 Å². The van der Waals surface area contributed by atoms with Crippen molar-refractivity contribution in [1.82, 2.24) is 9.55 Å². The summed E-state index contributed by atoms with van der Waals surface area (Å²) in [5, 5.41) is 2.81. The van der Waals surface area contributed by atoms with Gasteiger partial charge in [0, 0.05) is 18.1 Å². The van der Waals surface area contributed by atoms with E-state index in [2.05, 4.69) is 16.4 Å². The number of nitrogens with one attached hydrogen (secondary N) is 1. The van der Waals surface area contributed by atoms with Gasteiger partial charge in [0.25, 0.3) is 0 Å². The molecule has 4 heteroatoms. The Labute approximate surface area is 93.9 Å². The van der Waals surface area contributed by atoms with Crippen LogP contribution in [0.1, 0.15) is 11.1 Å². The maximum absolute atomic E-state index is 11.7. The van der Waals surface area contributed by atoms with Crippen LogP contribution in [0.2, 0.25) is 0 Å². The Morgan fingerprint density at radius 1 is 1.25 bits per heavy atom. The maximum atomic E-state index is 11.7. The van der Waals surface area contributed by atoms with Crippen molar-refractivity contribution in [2.75, 3.05) is 5.32 Å². The third-order valence-corrected chi connectivity index (χ3v) is 2.21. The third-order valence-electron chi connectivity index (χ3n) is 2.21. The summed E-state index contributed by atoms with van der Waals surface area (Å²) >= 11 is 0. The van der Waals surface area contributed by atoms with Crippen LogP contribution in [0.5, 0.6) is 0 Å². The molecule has 0 fully saturated rings. The van der Waals surface area contributed by atoms with Crippen LogP contribution in [0.25, 0.3) is 0 Å². The highest BCUT2D eigenvalue weighted by Crippen LogP contribution is 2.13. The van der Waals surface area contributed by atoms with Gasteiger partial charge in [-0.15, -0.1) is 0 Å².